The highest BCUT2D eigenvalue weighted by molar-refractivity contribution is 5.93. The molecular weight excluding hydrogens is 333 g/mol. The van der Waals surface area contributed by atoms with E-state index in [0.29, 0.717) is 18.8 Å². The van der Waals surface area contributed by atoms with Gasteiger partial charge in [-0.1, -0.05) is 12.1 Å². The van der Waals surface area contributed by atoms with Gasteiger partial charge in [0.2, 0.25) is 0 Å². The molecule has 25 heavy (non-hydrogen) atoms. The summed E-state index contributed by atoms with van der Waals surface area (Å²) >= 11 is 0. The molecule has 0 saturated heterocycles. The van der Waals surface area contributed by atoms with Gasteiger partial charge in [0.05, 0.1) is 11.3 Å². The summed E-state index contributed by atoms with van der Waals surface area (Å²) in [6, 6.07) is 8.08. The maximum absolute atomic E-state index is 13.0. The van der Waals surface area contributed by atoms with E-state index >= 15 is 0 Å². The lowest BCUT2D eigenvalue weighted by Gasteiger charge is -2.15. The van der Waals surface area contributed by atoms with Crippen LogP contribution < -0.4 is 10.6 Å². The molecule has 0 aliphatic carbocycles. The zero-order chi connectivity index (χ0) is 18.4. The number of hydrogen-bond acceptors (Lipinski definition) is 4. The van der Waals surface area contributed by atoms with Gasteiger partial charge >= 0.3 is 6.18 Å². The summed E-state index contributed by atoms with van der Waals surface area (Å²) in [6.45, 7) is 1.12. The lowest BCUT2D eigenvalue weighted by Crippen LogP contribution is -2.31. The molecule has 2 aromatic rings. The quantitative estimate of drug-likeness (QED) is 0.839. The molecule has 1 aromatic carbocycles. The summed E-state index contributed by atoms with van der Waals surface area (Å²) in [4.78, 5) is 17.9. The van der Waals surface area contributed by atoms with Crippen molar-refractivity contribution in [1.29, 1.82) is 0 Å². The van der Waals surface area contributed by atoms with Crippen LogP contribution in [-0.2, 0) is 6.18 Å². The van der Waals surface area contributed by atoms with Crippen molar-refractivity contribution in [2.24, 2.45) is 0 Å². The number of aromatic nitrogens is 1. The second-order valence-electron chi connectivity index (χ2n) is 5.66. The average molecular weight is 352 g/mol. The number of amides is 1. The molecular formula is C17H19F3N4O. The Morgan fingerprint density at radius 2 is 1.92 bits per heavy atom. The second kappa shape index (κ2) is 7.98. The standard InChI is InChI=1S/C17H19F3N4O/c1-24(2)10-9-22-16(25)15-11-12(7-8-21-15)23-14-6-4-3-5-13(14)17(18,19)20/h3-8,11H,9-10H2,1-2H3,(H,21,23)(H,22,25). The van der Waals surface area contributed by atoms with E-state index in [1.54, 1.807) is 0 Å². The zero-order valence-corrected chi connectivity index (χ0v) is 13.9. The lowest BCUT2D eigenvalue weighted by molar-refractivity contribution is -0.136. The number of halogens is 3. The molecule has 0 aliphatic heterocycles. The van der Waals surface area contributed by atoms with Crippen LogP contribution in [0.1, 0.15) is 16.1 Å². The topological polar surface area (TPSA) is 57.3 Å². The van der Waals surface area contributed by atoms with Crippen LogP contribution >= 0.6 is 0 Å². The molecule has 0 saturated carbocycles. The highest BCUT2D eigenvalue weighted by atomic mass is 19.4. The number of para-hydroxylation sites is 1. The molecule has 1 heterocycles. The number of benzene rings is 1. The number of hydrogen-bond donors (Lipinski definition) is 2. The fraction of sp³-hybridized carbons (Fsp3) is 0.294. The number of pyridine rings is 1. The van der Waals surface area contributed by atoms with E-state index in [1.807, 2.05) is 19.0 Å². The van der Waals surface area contributed by atoms with E-state index in [4.69, 9.17) is 0 Å². The first-order chi connectivity index (χ1) is 11.8. The molecule has 0 aliphatic rings. The van der Waals surface area contributed by atoms with Gasteiger partial charge in [0.1, 0.15) is 5.69 Å². The Balaban J connectivity index is 2.14. The summed E-state index contributed by atoms with van der Waals surface area (Å²) in [5.41, 5.74) is -0.373. The number of carbonyl (C=O) groups is 1. The van der Waals surface area contributed by atoms with Crippen molar-refractivity contribution >= 4 is 17.3 Å². The maximum atomic E-state index is 13.0. The van der Waals surface area contributed by atoms with Crippen LogP contribution in [0.2, 0.25) is 0 Å². The van der Waals surface area contributed by atoms with E-state index in [1.165, 1.54) is 36.5 Å². The summed E-state index contributed by atoms with van der Waals surface area (Å²) in [5.74, 6) is -0.380. The van der Waals surface area contributed by atoms with E-state index < -0.39 is 11.7 Å². The summed E-state index contributed by atoms with van der Waals surface area (Å²) in [6.07, 6.45) is -3.09. The van der Waals surface area contributed by atoms with Gasteiger partial charge in [-0.3, -0.25) is 9.78 Å². The summed E-state index contributed by atoms with van der Waals surface area (Å²) < 4.78 is 39.1. The molecule has 0 fully saturated rings. The number of likely N-dealkylation sites (N-methyl/N-ethyl adjacent to an activating group) is 1. The molecule has 0 radical (unpaired) electrons. The predicted octanol–water partition coefficient (Wildman–Crippen LogP) is 3.14. The molecule has 2 N–H and O–H groups in total. The molecule has 2 rings (SSSR count). The van der Waals surface area contributed by atoms with Crippen LogP contribution in [0.4, 0.5) is 24.5 Å². The maximum Gasteiger partial charge on any atom is 0.418 e. The Morgan fingerprint density at radius 3 is 2.60 bits per heavy atom. The van der Waals surface area contributed by atoms with Crippen molar-refractivity contribution in [3.05, 3.63) is 53.9 Å². The van der Waals surface area contributed by atoms with Crippen molar-refractivity contribution in [3.63, 3.8) is 0 Å². The van der Waals surface area contributed by atoms with Gasteiger partial charge < -0.3 is 15.5 Å². The van der Waals surface area contributed by atoms with Gasteiger partial charge in [-0.25, -0.2) is 0 Å². The number of carbonyl (C=O) groups excluding carboxylic acids is 1. The highest BCUT2D eigenvalue weighted by Gasteiger charge is 2.33. The lowest BCUT2D eigenvalue weighted by atomic mass is 10.1. The van der Waals surface area contributed by atoms with Crippen LogP contribution in [0, 0.1) is 0 Å². The predicted molar refractivity (Wildman–Crippen MR) is 89.9 cm³/mol. The third-order valence-electron chi connectivity index (χ3n) is 3.35. The number of nitrogens with one attached hydrogen (secondary N) is 2. The molecule has 8 heteroatoms. The largest absolute Gasteiger partial charge is 0.418 e. The Hall–Kier alpha value is -2.61. The first-order valence-corrected chi connectivity index (χ1v) is 7.59. The van der Waals surface area contributed by atoms with Gasteiger partial charge in [0, 0.05) is 25.0 Å². The minimum Gasteiger partial charge on any atom is -0.355 e. The van der Waals surface area contributed by atoms with Gasteiger partial charge in [-0.2, -0.15) is 13.2 Å². The third-order valence-corrected chi connectivity index (χ3v) is 3.35. The highest BCUT2D eigenvalue weighted by Crippen LogP contribution is 2.35. The SMILES string of the molecule is CN(C)CCNC(=O)c1cc(Nc2ccccc2C(F)(F)F)ccn1. The van der Waals surface area contributed by atoms with Crippen molar-refractivity contribution in [2.45, 2.75) is 6.18 Å². The number of alkyl halides is 3. The van der Waals surface area contributed by atoms with Crippen LogP contribution in [0.3, 0.4) is 0 Å². The van der Waals surface area contributed by atoms with Gasteiger partial charge in [-0.05, 0) is 38.4 Å². The Labute approximate surface area is 143 Å². The Morgan fingerprint density at radius 1 is 1.20 bits per heavy atom. The molecule has 134 valence electrons. The van der Waals surface area contributed by atoms with Gasteiger partial charge in [0.15, 0.2) is 0 Å². The molecule has 5 nitrogen and oxygen atoms in total. The van der Waals surface area contributed by atoms with Crippen LogP contribution in [0.15, 0.2) is 42.6 Å². The molecule has 1 amide bonds. The molecule has 0 spiro atoms. The first kappa shape index (κ1) is 18.7. The van der Waals surface area contributed by atoms with Gasteiger partial charge in [0.25, 0.3) is 5.91 Å². The minimum atomic E-state index is -4.47. The summed E-state index contributed by atoms with van der Waals surface area (Å²) in [7, 11) is 3.76. The van der Waals surface area contributed by atoms with Crippen LogP contribution in [-0.4, -0.2) is 43.0 Å². The van der Waals surface area contributed by atoms with E-state index in [9.17, 15) is 18.0 Å². The van der Waals surface area contributed by atoms with Crippen molar-refractivity contribution in [1.82, 2.24) is 15.2 Å². The second-order valence-corrected chi connectivity index (χ2v) is 5.66. The van der Waals surface area contributed by atoms with Gasteiger partial charge in [-0.15, -0.1) is 0 Å². The fourth-order valence-electron chi connectivity index (χ4n) is 2.11. The van der Waals surface area contributed by atoms with E-state index in [0.717, 1.165) is 6.07 Å². The average Bonchev–Trinajstić information content (AvgIpc) is 2.54. The molecule has 1 aromatic heterocycles. The molecule has 0 bridgehead atoms. The van der Waals surface area contributed by atoms with E-state index in [-0.39, 0.29) is 17.3 Å². The van der Waals surface area contributed by atoms with Crippen LogP contribution in [0.25, 0.3) is 0 Å². The zero-order valence-electron chi connectivity index (χ0n) is 13.9. The molecule has 0 atom stereocenters. The van der Waals surface area contributed by atoms with E-state index in [2.05, 4.69) is 15.6 Å². The monoisotopic (exact) mass is 352 g/mol. The Bertz CT molecular complexity index is 732. The Kier molecular flexibility index (Phi) is 5.97. The van der Waals surface area contributed by atoms with Crippen LogP contribution in [0.5, 0.6) is 0 Å². The number of anilines is 2. The smallest absolute Gasteiger partial charge is 0.355 e. The minimum absolute atomic E-state index is 0.0832. The van der Waals surface area contributed by atoms with Crippen molar-refractivity contribution < 1.29 is 18.0 Å². The normalized spacial score (nSPS) is 11.4. The number of nitrogens with zero attached hydrogens (tertiary/aromatic N) is 2. The fourth-order valence-corrected chi connectivity index (χ4v) is 2.11. The summed E-state index contributed by atoms with van der Waals surface area (Å²) in [5, 5.41) is 5.41. The first-order valence-electron chi connectivity index (χ1n) is 7.59. The molecule has 0 unspecified atom stereocenters. The number of rotatable bonds is 6. The third kappa shape index (κ3) is 5.46. The van der Waals surface area contributed by atoms with Crippen molar-refractivity contribution in [3.8, 4) is 0 Å². The van der Waals surface area contributed by atoms with Crippen molar-refractivity contribution in [2.75, 3.05) is 32.5 Å².